The third-order valence-electron chi connectivity index (χ3n) is 1.43. The fourth-order valence-electron chi connectivity index (χ4n) is 0.685. The van der Waals surface area contributed by atoms with E-state index in [4.69, 9.17) is 21.8 Å². The van der Waals surface area contributed by atoms with Crippen molar-refractivity contribution in [1.29, 1.82) is 0 Å². The summed E-state index contributed by atoms with van der Waals surface area (Å²) in [6, 6.07) is -0.491. The third kappa shape index (κ3) is 7.77. The van der Waals surface area contributed by atoms with Crippen LogP contribution in [0.15, 0.2) is 11.6 Å². The van der Waals surface area contributed by atoms with Gasteiger partial charge in [0.2, 0.25) is 0 Å². The second kappa shape index (κ2) is 7.08. The SMILES string of the molecule is C=C(Cl)CNC(=O)NCCC(O)C(=O)O. The van der Waals surface area contributed by atoms with Gasteiger partial charge in [-0.3, -0.25) is 0 Å². The Labute approximate surface area is 91.9 Å². The molecule has 0 heterocycles. The highest BCUT2D eigenvalue weighted by molar-refractivity contribution is 6.29. The average Bonchev–Trinajstić information content (AvgIpc) is 2.14. The van der Waals surface area contributed by atoms with Crippen LogP contribution in [0.3, 0.4) is 0 Å². The van der Waals surface area contributed by atoms with Crippen LogP contribution in [-0.2, 0) is 4.79 Å². The number of hydrogen-bond acceptors (Lipinski definition) is 3. The van der Waals surface area contributed by atoms with Gasteiger partial charge in [0.1, 0.15) is 0 Å². The number of carboxylic acid groups (broad SMARTS) is 1. The van der Waals surface area contributed by atoms with E-state index in [2.05, 4.69) is 17.2 Å². The van der Waals surface area contributed by atoms with Crippen LogP contribution in [0.25, 0.3) is 0 Å². The number of carboxylic acids is 1. The van der Waals surface area contributed by atoms with E-state index in [-0.39, 0.29) is 24.5 Å². The van der Waals surface area contributed by atoms with Crippen molar-refractivity contribution in [3.63, 3.8) is 0 Å². The molecular weight excluding hydrogens is 224 g/mol. The van der Waals surface area contributed by atoms with Crippen LogP contribution in [0.1, 0.15) is 6.42 Å². The number of carbonyl (C=O) groups excluding carboxylic acids is 1. The number of aliphatic hydroxyl groups is 1. The fourth-order valence-corrected chi connectivity index (χ4v) is 0.751. The molecule has 86 valence electrons. The topological polar surface area (TPSA) is 98.7 Å². The highest BCUT2D eigenvalue weighted by atomic mass is 35.5. The minimum Gasteiger partial charge on any atom is -0.479 e. The summed E-state index contributed by atoms with van der Waals surface area (Å²) in [4.78, 5) is 21.1. The highest BCUT2D eigenvalue weighted by Crippen LogP contribution is 1.92. The molecule has 0 saturated carbocycles. The van der Waals surface area contributed by atoms with Crippen molar-refractivity contribution in [3.05, 3.63) is 11.6 Å². The molecule has 0 saturated heterocycles. The first-order chi connectivity index (χ1) is 6.93. The second-order valence-electron chi connectivity index (χ2n) is 2.77. The van der Waals surface area contributed by atoms with Gasteiger partial charge in [-0.05, 0) is 0 Å². The number of rotatable bonds is 6. The van der Waals surface area contributed by atoms with E-state index in [0.717, 1.165) is 0 Å². The Morgan fingerprint density at radius 1 is 1.40 bits per heavy atom. The minimum absolute atomic E-state index is 0.0510. The predicted molar refractivity (Wildman–Crippen MR) is 54.7 cm³/mol. The summed E-state index contributed by atoms with van der Waals surface area (Å²) in [6.45, 7) is 3.56. The Hall–Kier alpha value is -1.27. The Morgan fingerprint density at radius 2 is 2.00 bits per heavy atom. The van der Waals surface area contributed by atoms with Crippen molar-refractivity contribution in [3.8, 4) is 0 Å². The van der Waals surface area contributed by atoms with Crippen LogP contribution < -0.4 is 10.6 Å². The van der Waals surface area contributed by atoms with E-state index < -0.39 is 18.1 Å². The minimum atomic E-state index is -1.46. The lowest BCUT2D eigenvalue weighted by Crippen LogP contribution is -2.38. The van der Waals surface area contributed by atoms with Gasteiger partial charge in [0, 0.05) is 18.0 Å². The predicted octanol–water partition coefficient (Wildman–Crippen LogP) is -0.126. The summed E-state index contributed by atoms with van der Waals surface area (Å²) in [5.74, 6) is -1.31. The molecule has 7 heteroatoms. The van der Waals surface area contributed by atoms with E-state index in [9.17, 15) is 9.59 Å². The van der Waals surface area contributed by atoms with Crippen LogP contribution >= 0.6 is 11.6 Å². The quantitative estimate of drug-likeness (QED) is 0.517. The molecule has 1 unspecified atom stereocenters. The van der Waals surface area contributed by atoms with E-state index in [1.54, 1.807) is 0 Å². The molecular formula is C8H13ClN2O4. The van der Waals surface area contributed by atoms with Gasteiger partial charge in [0.25, 0.3) is 0 Å². The lowest BCUT2D eigenvalue weighted by molar-refractivity contribution is -0.146. The fraction of sp³-hybridized carbons (Fsp3) is 0.500. The molecule has 0 aromatic carbocycles. The molecule has 0 radical (unpaired) electrons. The zero-order valence-electron chi connectivity index (χ0n) is 7.99. The summed E-state index contributed by atoms with van der Waals surface area (Å²) in [7, 11) is 0. The standard InChI is InChI=1S/C8H13ClN2O4/c1-5(9)4-11-8(15)10-3-2-6(12)7(13)14/h6,12H,1-4H2,(H,13,14)(H2,10,11,15). The first-order valence-electron chi connectivity index (χ1n) is 4.19. The number of urea groups is 1. The van der Waals surface area contributed by atoms with E-state index >= 15 is 0 Å². The Balaban J connectivity index is 3.55. The molecule has 0 fully saturated rings. The van der Waals surface area contributed by atoms with Gasteiger partial charge in [-0.25, -0.2) is 9.59 Å². The molecule has 0 spiro atoms. The van der Waals surface area contributed by atoms with Gasteiger partial charge in [-0.1, -0.05) is 18.2 Å². The molecule has 0 rings (SSSR count). The smallest absolute Gasteiger partial charge is 0.332 e. The van der Waals surface area contributed by atoms with Crippen LogP contribution in [0.2, 0.25) is 0 Å². The number of nitrogens with one attached hydrogen (secondary N) is 2. The highest BCUT2D eigenvalue weighted by Gasteiger charge is 2.12. The van der Waals surface area contributed by atoms with Crippen molar-refractivity contribution in [1.82, 2.24) is 10.6 Å². The monoisotopic (exact) mass is 236 g/mol. The number of carbonyl (C=O) groups is 2. The van der Waals surface area contributed by atoms with Crippen LogP contribution in [0.4, 0.5) is 4.79 Å². The van der Waals surface area contributed by atoms with Gasteiger partial charge in [0.05, 0.1) is 6.54 Å². The molecule has 0 aromatic heterocycles. The van der Waals surface area contributed by atoms with Crippen LogP contribution in [0, 0.1) is 0 Å². The van der Waals surface area contributed by atoms with Crippen molar-refractivity contribution >= 4 is 23.6 Å². The zero-order chi connectivity index (χ0) is 11.8. The van der Waals surface area contributed by atoms with Gasteiger partial charge in [-0.2, -0.15) is 0 Å². The Kier molecular flexibility index (Phi) is 6.48. The first-order valence-corrected chi connectivity index (χ1v) is 4.57. The molecule has 0 bridgehead atoms. The van der Waals surface area contributed by atoms with E-state index in [1.165, 1.54) is 0 Å². The molecule has 6 nitrogen and oxygen atoms in total. The van der Waals surface area contributed by atoms with Gasteiger partial charge in [0.15, 0.2) is 6.10 Å². The molecule has 0 aliphatic carbocycles. The lowest BCUT2D eigenvalue weighted by atomic mass is 10.2. The second-order valence-corrected chi connectivity index (χ2v) is 3.30. The van der Waals surface area contributed by atoms with Gasteiger partial charge in [-0.15, -0.1) is 0 Å². The Morgan fingerprint density at radius 3 is 2.47 bits per heavy atom. The molecule has 0 aliphatic heterocycles. The summed E-state index contributed by atoms with van der Waals surface area (Å²) in [5, 5.41) is 22.2. The maximum absolute atomic E-state index is 10.9. The van der Waals surface area contributed by atoms with Crippen molar-refractivity contribution in [2.75, 3.05) is 13.1 Å². The molecule has 2 amide bonds. The molecule has 15 heavy (non-hydrogen) atoms. The average molecular weight is 237 g/mol. The van der Waals surface area contributed by atoms with Crippen molar-refractivity contribution < 1.29 is 19.8 Å². The molecule has 1 atom stereocenters. The number of hydrogen-bond donors (Lipinski definition) is 4. The van der Waals surface area contributed by atoms with Crippen molar-refractivity contribution in [2.24, 2.45) is 0 Å². The first kappa shape index (κ1) is 13.7. The summed E-state index contributed by atoms with van der Waals surface area (Å²) in [6.07, 6.45) is -1.52. The van der Waals surface area contributed by atoms with Gasteiger partial charge < -0.3 is 20.8 Å². The maximum Gasteiger partial charge on any atom is 0.332 e. The summed E-state index contributed by atoms with van der Waals surface area (Å²) in [5.41, 5.74) is 0. The Bertz CT molecular complexity index is 257. The third-order valence-corrected chi connectivity index (χ3v) is 1.56. The zero-order valence-corrected chi connectivity index (χ0v) is 8.75. The molecule has 4 N–H and O–H groups in total. The number of halogens is 1. The van der Waals surface area contributed by atoms with Crippen molar-refractivity contribution in [2.45, 2.75) is 12.5 Å². The normalized spacial score (nSPS) is 11.6. The summed E-state index contributed by atoms with van der Waals surface area (Å²) < 4.78 is 0. The van der Waals surface area contributed by atoms with Gasteiger partial charge >= 0.3 is 12.0 Å². The summed E-state index contributed by atoms with van der Waals surface area (Å²) >= 11 is 5.39. The largest absolute Gasteiger partial charge is 0.479 e. The number of aliphatic carboxylic acids is 1. The van der Waals surface area contributed by atoms with E-state index in [1.807, 2.05) is 0 Å². The maximum atomic E-state index is 10.9. The number of amides is 2. The van der Waals surface area contributed by atoms with Crippen LogP contribution in [-0.4, -0.2) is 41.4 Å². The van der Waals surface area contributed by atoms with Crippen LogP contribution in [0.5, 0.6) is 0 Å². The molecule has 0 aromatic rings. The number of aliphatic hydroxyl groups excluding tert-OH is 1. The molecule has 0 aliphatic rings. The van der Waals surface area contributed by atoms with E-state index in [0.29, 0.717) is 0 Å². The lowest BCUT2D eigenvalue weighted by Gasteiger charge is -2.08.